The SMILES string of the molecule is CC(C)(C)OC(=O)NC[C@H]1CCN(c2cccc(N)c2)C1. The van der Waals surface area contributed by atoms with E-state index in [1.165, 1.54) is 0 Å². The Morgan fingerprint density at radius 3 is 2.90 bits per heavy atom. The molecule has 0 spiro atoms. The van der Waals surface area contributed by atoms with E-state index in [0.717, 1.165) is 30.9 Å². The highest BCUT2D eigenvalue weighted by atomic mass is 16.6. The normalized spacial score (nSPS) is 18.6. The van der Waals surface area contributed by atoms with Gasteiger partial charge in [-0.2, -0.15) is 0 Å². The number of alkyl carbamates (subject to hydrolysis) is 1. The fourth-order valence-corrected chi connectivity index (χ4v) is 2.50. The Labute approximate surface area is 126 Å². The quantitative estimate of drug-likeness (QED) is 0.840. The van der Waals surface area contributed by atoms with Crippen LogP contribution in [0, 0.1) is 5.92 Å². The molecule has 21 heavy (non-hydrogen) atoms. The minimum atomic E-state index is -0.451. The van der Waals surface area contributed by atoms with Crippen LogP contribution in [0.15, 0.2) is 24.3 Å². The Morgan fingerprint density at radius 1 is 1.48 bits per heavy atom. The number of ether oxygens (including phenoxy) is 1. The van der Waals surface area contributed by atoms with Crippen molar-refractivity contribution in [2.75, 3.05) is 30.3 Å². The average molecular weight is 291 g/mol. The van der Waals surface area contributed by atoms with Gasteiger partial charge in [0.1, 0.15) is 5.60 Å². The second-order valence-electron chi connectivity index (χ2n) is 6.58. The number of nitrogen functional groups attached to an aromatic ring is 1. The maximum Gasteiger partial charge on any atom is 0.407 e. The van der Waals surface area contributed by atoms with Crippen LogP contribution in [0.25, 0.3) is 0 Å². The molecule has 1 amide bonds. The molecule has 116 valence electrons. The van der Waals surface area contributed by atoms with Gasteiger partial charge in [0.25, 0.3) is 0 Å². The maximum absolute atomic E-state index is 11.6. The van der Waals surface area contributed by atoms with E-state index >= 15 is 0 Å². The zero-order valence-electron chi connectivity index (χ0n) is 13.1. The fraction of sp³-hybridized carbons (Fsp3) is 0.562. The Kier molecular flexibility index (Phi) is 4.60. The molecule has 0 radical (unpaired) electrons. The molecule has 1 aliphatic rings. The lowest BCUT2D eigenvalue weighted by atomic mass is 10.1. The number of hydrogen-bond acceptors (Lipinski definition) is 4. The van der Waals surface area contributed by atoms with E-state index in [1.807, 2.05) is 39.0 Å². The van der Waals surface area contributed by atoms with Crippen molar-refractivity contribution in [3.63, 3.8) is 0 Å². The number of anilines is 2. The molecule has 1 aromatic rings. The molecule has 0 unspecified atom stereocenters. The summed E-state index contributed by atoms with van der Waals surface area (Å²) in [6, 6.07) is 7.92. The molecule has 0 aromatic heterocycles. The molecule has 1 aliphatic heterocycles. The van der Waals surface area contributed by atoms with Gasteiger partial charge in [-0.15, -0.1) is 0 Å². The molecular formula is C16H25N3O2. The van der Waals surface area contributed by atoms with Crippen molar-refractivity contribution >= 4 is 17.5 Å². The van der Waals surface area contributed by atoms with Crippen molar-refractivity contribution in [1.82, 2.24) is 5.32 Å². The smallest absolute Gasteiger partial charge is 0.407 e. The van der Waals surface area contributed by atoms with E-state index in [1.54, 1.807) is 0 Å². The van der Waals surface area contributed by atoms with Gasteiger partial charge in [-0.1, -0.05) is 6.07 Å². The summed E-state index contributed by atoms with van der Waals surface area (Å²) in [7, 11) is 0. The Bertz CT molecular complexity index is 497. The van der Waals surface area contributed by atoms with Gasteiger partial charge >= 0.3 is 6.09 Å². The number of nitrogens with zero attached hydrogens (tertiary/aromatic N) is 1. The lowest BCUT2D eigenvalue weighted by Crippen LogP contribution is -2.36. The first-order valence-electron chi connectivity index (χ1n) is 7.41. The van der Waals surface area contributed by atoms with E-state index in [9.17, 15) is 4.79 Å². The Balaban J connectivity index is 1.79. The lowest BCUT2D eigenvalue weighted by Gasteiger charge is -2.21. The number of benzene rings is 1. The van der Waals surface area contributed by atoms with Crippen LogP contribution < -0.4 is 16.0 Å². The second kappa shape index (κ2) is 6.24. The Morgan fingerprint density at radius 2 is 2.24 bits per heavy atom. The summed E-state index contributed by atoms with van der Waals surface area (Å²) < 4.78 is 5.24. The number of nitrogens with one attached hydrogen (secondary N) is 1. The third kappa shape index (κ3) is 4.85. The molecule has 1 saturated heterocycles. The van der Waals surface area contributed by atoms with Crippen molar-refractivity contribution < 1.29 is 9.53 Å². The first-order chi connectivity index (χ1) is 9.83. The summed E-state index contributed by atoms with van der Waals surface area (Å²) in [5.74, 6) is 0.443. The highest BCUT2D eigenvalue weighted by Gasteiger charge is 2.24. The summed E-state index contributed by atoms with van der Waals surface area (Å²) in [6.45, 7) is 8.16. The van der Waals surface area contributed by atoms with Crippen LogP contribution in [0.1, 0.15) is 27.2 Å². The van der Waals surface area contributed by atoms with Crippen LogP contribution in [0.4, 0.5) is 16.2 Å². The number of nitrogens with two attached hydrogens (primary N) is 1. The summed E-state index contributed by atoms with van der Waals surface area (Å²) >= 11 is 0. The number of carbonyl (C=O) groups excluding carboxylic acids is 1. The number of amides is 1. The maximum atomic E-state index is 11.6. The van der Waals surface area contributed by atoms with Crippen molar-refractivity contribution in [2.24, 2.45) is 5.92 Å². The summed E-state index contributed by atoms with van der Waals surface area (Å²) in [5.41, 5.74) is 7.30. The number of hydrogen-bond donors (Lipinski definition) is 2. The van der Waals surface area contributed by atoms with Gasteiger partial charge in [0.15, 0.2) is 0 Å². The lowest BCUT2D eigenvalue weighted by molar-refractivity contribution is 0.0520. The molecule has 2 rings (SSSR count). The topological polar surface area (TPSA) is 67.6 Å². The highest BCUT2D eigenvalue weighted by molar-refractivity contribution is 5.67. The van der Waals surface area contributed by atoms with E-state index < -0.39 is 5.60 Å². The van der Waals surface area contributed by atoms with E-state index in [-0.39, 0.29) is 6.09 Å². The molecule has 5 heteroatoms. The molecule has 1 heterocycles. The van der Waals surface area contributed by atoms with Crippen LogP contribution >= 0.6 is 0 Å². The first-order valence-corrected chi connectivity index (χ1v) is 7.41. The molecule has 1 fully saturated rings. The van der Waals surface area contributed by atoms with Gasteiger partial charge in [0, 0.05) is 31.0 Å². The standard InChI is InChI=1S/C16H25N3O2/c1-16(2,3)21-15(20)18-10-12-7-8-19(11-12)14-6-4-5-13(17)9-14/h4-6,9,12H,7-8,10-11,17H2,1-3H3,(H,18,20)/t12-/m1/s1. The number of carbonyl (C=O) groups is 1. The third-order valence-corrected chi connectivity index (χ3v) is 3.46. The summed E-state index contributed by atoms with van der Waals surface area (Å²) in [5, 5.41) is 2.85. The minimum Gasteiger partial charge on any atom is -0.444 e. The second-order valence-corrected chi connectivity index (χ2v) is 6.58. The van der Waals surface area contributed by atoms with Gasteiger partial charge < -0.3 is 20.7 Å². The molecule has 0 bridgehead atoms. The van der Waals surface area contributed by atoms with Gasteiger partial charge in [0.05, 0.1) is 0 Å². The largest absolute Gasteiger partial charge is 0.444 e. The molecule has 5 nitrogen and oxygen atoms in total. The van der Waals surface area contributed by atoms with E-state index in [4.69, 9.17) is 10.5 Å². The predicted octanol–water partition coefficient (Wildman–Crippen LogP) is 2.62. The zero-order chi connectivity index (χ0) is 15.5. The molecule has 0 aliphatic carbocycles. The van der Waals surface area contributed by atoms with Crippen LogP contribution in [0.3, 0.4) is 0 Å². The zero-order valence-corrected chi connectivity index (χ0v) is 13.1. The summed E-state index contributed by atoms with van der Waals surface area (Å²) in [4.78, 5) is 14.0. The first kappa shape index (κ1) is 15.5. The van der Waals surface area contributed by atoms with Crippen molar-refractivity contribution in [2.45, 2.75) is 32.8 Å². The van der Waals surface area contributed by atoms with Gasteiger partial charge in [0.2, 0.25) is 0 Å². The van der Waals surface area contributed by atoms with E-state index in [0.29, 0.717) is 12.5 Å². The molecule has 3 N–H and O–H groups in total. The Hall–Kier alpha value is -1.91. The third-order valence-electron chi connectivity index (χ3n) is 3.46. The van der Waals surface area contributed by atoms with Gasteiger partial charge in [-0.25, -0.2) is 4.79 Å². The molecule has 0 saturated carbocycles. The van der Waals surface area contributed by atoms with Crippen LogP contribution in [-0.2, 0) is 4.74 Å². The highest BCUT2D eigenvalue weighted by Crippen LogP contribution is 2.24. The van der Waals surface area contributed by atoms with Crippen molar-refractivity contribution in [1.29, 1.82) is 0 Å². The monoisotopic (exact) mass is 291 g/mol. The summed E-state index contributed by atoms with van der Waals surface area (Å²) in [6.07, 6.45) is 0.717. The fourth-order valence-electron chi connectivity index (χ4n) is 2.50. The molecule has 1 aromatic carbocycles. The number of rotatable bonds is 3. The van der Waals surface area contributed by atoms with E-state index in [2.05, 4.69) is 16.3 Å². The minimum absolute atomic E-state index is 0.343. The van der Waals surface area contributed by atoms with Crippen LogP contribution in [0.2, 0.25) is 0 Å². The van der Waals surface area contributed by atoms with Gasteiger partial charge in [-0.3, -0.25) is 0 Å². The molecule has 1 atom stereocenters. The molecular weight excluding hydrogens is 266 g/mol. The van der Waals surface area contributed by atoms with Crippen molar-refractivity contribution in [3.8, 4) is 0 Å². The van der Waals surface area contributed by atoms with Gasteiger partial charge in [-0.05, 0) is 51.3 Å². The van der Waals surface area contributed by atoms with Crippen LogP contribution in [-0.4, -0.2) is 31.3 Å². The van der Waals surface area contributed by atoms with Crippen LogP contribution in [0.5, 0.6) is 0 Å². The van der Waals surface area contributed by atoms with Crippen molar-refractivity contribution in [3.05, 3.63) is 24.3 Å². The average Bonchev–Trinajstić information content (AvgIpc) is 2.83. The predicted molar refractivity (Wildman–Crippen MR) is 85.4 cm³/mol.